The predicted octanol–water partition coefficient (Wildman–Crippen LogP) is 0.714. The number of rotatable bonds is 8. The summed E-state index contributed by atoms with van der Waals surface area (Å²) < 4.78 is 9.61. The molecule has 0 spiro atoms. The Morgan fingerprint density at radius 1 is 1.24 bits per heavy atom. The Hall–Kier alpha value is -1.92. The van der Waals surface area contributed by atoms with Gasteiger partial charge in [0.25, 0.3) is 0 Å². The molecule has 0 fully saturated rings. The number of esters is 1. The average Bonchev–Trinajstić information content (AvgIpc) is 2.52. The van der Waals surface area contributed by atoms with E-state index in [1.807, 2.05) is 12.1 Å². The third-order valence-electron chi connectivity index (χ3n) is 3.02. The molecule has 0 saturated carbocycles. The van der Waals surface area contributed by atoms with Gasteiger partial charge in [0.15, 0.2) is 0 Å². The van der Waals surface area contributed by atoms with Crippen LogP contribution in [0.2, 0.25) is 0 Å². The predicted molar refractivity (Wildman–Crippen MR) is 79.0 cm³/mol. The normalized spacial score (nSPS) is 11.8. The van der Waals surface area contributed by atoms with Crippen molar-refractivity contribution in [3.05, 3.63) is 35.4 Å². The molecule has 0 aromatic heterocycles. The largest absolute Gasteiger partial charge is 0.465 e. The van der Waals surface area contributed by atoms with Crippen LogP contribution in [0, 0.1) is 0 Å². The number of nitrogens with one attached hydrogen (secondary N) is 2. The molecule has 116 valence electrons. The summed E-state index contributed by atoms with van der Waals surface area (Å²) >= 11 is 0. The Bertz CT molecular complexity index is 476. The number of hydrogen-bond acceptors (Lipinski definition) is 5. The number of carbonyl (C=O) groups excluding carboxylic acids is 2. The molecule has 1 unspecified atom stereocenters. The standard InChI is InChI=1S/C15H22N2O4/c1-11(14(18)16-8-9-20-2)17-10-12-6-4-5-7-13(12)15(19)21-3/h4-7,11,17H,8-10H2,1-3H3,(H,16,18). The molecule has 1 aromatic carbocycles. The summed E-state index contributed by atoms with van der Waals surface area (Å²) in [5.41, 5.74) is 1.29. The number of benzene rings is 1. The first-order valence-corrected chi connectivity index (χ1v) is 6.76. The van der Waals surface area contributed by atoms with Crippen LogP contribution in [0.3, 0.4) is 0 Å². The molecular formula is C15H22N2O4. The van der Waals surface area contributed by atoms with Crippen LogP contribution in [0.1, 0.15) is 22.8 Å². The van der Waals surface area contributed by atoms with Gasteiger partial charge in [-0.2, -0.15) is 0 Å². The van der Waals surface area contributed by atoms with Gasteiger partial charge in [0.1, 0.15) is 0 Å². The molecule has 0 aliphatic carbocycles. The quantitative estimate of drug-likeness (QED) is 0.545. The zero-order valence-corrected chi connectivity index (χ0v) is 12.6. The van der Waals surface area contributed by atoms with Gasteiger partial charge < -0.3 is 20.1 Å². The van der Waals surface area contributed by atoms with Crippen LogP contribution >= 0.6 is 0 Å². The molecule has 0 saturated heterocycles. The lowest BCUT2D eigenvalue weighted by Gasteiger charge is -2.15. The number of ether oxygens (including phenoxy) is 2. The molecule has 21 heavy (non-hydrogen) atoms. The van der Waals surface area contributed by atoms with Gasteiger partial charge in [-0.15, -0.1) is 0 Å². The molecule has 1 rings (SSSR count). The minimum atomic E-state index is -0.385. The number of carbonyl (C=O) groups is 2. The highest BCUT2D eigenvalue weighted by Crippen LogP contribution is 2.10. The highest BCUT2D eigenvalue weighted by Gasteiger charge is 2.14. The molecular weight excluding hydrogens is 272 g/mol. The van der Waals surface area contributed by atoms with Gasteiger partial charge in [-0.25, -0.2) is 4.79 Å². The van der Waals surface area contributed by atoms with Crippen molar-refractivity contribution in [1.82, 2.24) is 10.6 Å². The van der Waals surface area contributed by atoms with Crippen LogP contribution in [-0.4, -0.2) is 45.3 Å². The van der Waals surface area contributed by atoms with Gasteiger partial charge in [0.05, 0.1) is 25.3 Å². The SMILES string of the molecule is COCCNC(=O)C(C)NCc1ccccc1C(=O)OC. The second kappa shape index (κ2) is 9.10. The summed E-state index contributed by atoms with van der Waals surface area (Å²) in [4.78, 5) is 23.4. The van der Waals surface area contributed by atoms with Crippen LogP contribution in [0.4, 0.5) is 0 Å². The lowest BCUT2D eigenvalue weighted by molar-refractivity contribution is -0.122. The number of methoxy groups -OCH3 is 2. The molecule has 0 aliphatic rings. The fourth-order valence-electron chi connectivity index (χ4n) is 1.77. The van der Waals surface area contributed by atoms with Gasteiger partial charge in [-0.3, -0.25) is 4.79 Å². The Morgan fingerprint density at radius 2 is 1.95 bits per heavy atom. The van der Waals surface area contributed by atoms with Crippen molar-refractivity contribution in [2.45, 2.75) is 19.5 Å². The zero-order valence-electron chi connectivity index (χ0n) is 12.6. The molecule has 0 bridgehead atoms. The second-order valence-electron chi connectivity index (χ2n) is 4.54. The third kappa shape index (κ3) is 5.53. The number of amides is 1. The minimum absolute atomic E-state index is 0.109. The van der Waals surface area contributed by atoms with Crippen LogP contribution in [0.5, 0.6) is 0 Å². The molecule has 1 amide bonds. The van der Waals surface area contributed by atoms with E-state index in [1.54, 1.807) is 26.2 Å². The van der Waals surface area contributed by atoms with Crippen LogP contribution < -0.4 is 10.6 Å². The van der Waals surface area contributed by atoms with E-state index in [9.17, 15) is 9.59 Å². The lowest BCUT2D eigenvalue weighted by atomic mass is 10.1. The van der Waals surface area contributed by atoms with E-state index in [4.69, 9.17) is 9.47 Å². The van der Waals surface area contributed by atoms with Crippen LogP contribution in [0.25, 0.3) is 0 Å². The van der Waals surface area contributed by atoms with E-state index in [0.29, 0.717) is 25.3 Å². The van der Waals surface area contributed by atoms with Gasteiger partial charge in [-0.05, 0) is 18.6 Å². The first-order chi connectivity index (χ1) is 10.1. The summed E-state index contributed by atoms with van der Waals surface area (Å²) in [6.45, 7) is 3.12. The maximum absolute atomic E-state index is 11.8. The molecule has 1 atom stereocenters. The lowest BCUT2D eigenvalue weighted by Crippen LogP contribution is -2.43. The Kier molecular flexibility index (Phi) is 7.42. The van der Waals surface area contributed by atoms with E-state index in [0.717, 1.165) is 5.56 Å². The maximum Gasteiger partial charge on any atom is 0.338 e. The van der Waals surface area contributed by atoms with E-state index in [1.165, 1.54) is 7.11 Å². The topological polar surface area (TPSA) is 76.7 Å². The van der Waals surface area contributed by atoms with Gasteiger partial charge >= 0.3 is 5.97 Å². The Labute approximate surface area is 124 Å². The summed E-state index contributed by atoms with van der Waals surface area (Å²) in [5, 5.41) is 5.83. The van der Waals surface area contributed by atoms with Crippen molar-refractivity contribution in [3.63, 3.8) is 0 Å². The zero-order chi connectivity index (χ0) is 15.7. The maximum atomic E-state index is 11.8. The van der Waals surface area contributed by atoms with E-state index >= 15 is 0 Å². The molecule has 6 heteroatoms. The molecule has 0 radical (unpaired) electrons. The van der Waals surface area contributed by atoms with Crippen molar-refractivity contribution in [1.29, 1.82) is 0 Å². The highest BCUT2D eigenvalue weighted by atomic mass is 16.5. The second-order valence-corrected chi connectivity index (χ2v) is 4.54. The van der Waals surface area contributed by atoms with Gasteiger partial charge in [0, 0.05) is 20.2 Å². The summed E-state index contributed by atoms with van der Waals surface area (Å²) in [6, 6.07) is 6.78. The third-order valence-corrected chi connectivity index (χ3v) is 3.02. The van der Waals surface area contributed by atoms with Crippen molar-refractivity contribution in [3.8, 4) is 0 Å². The van der Waals surface area contributed by atoms with Gasteiger partial charge in [-0.1, -0.05) is 18.2 Å². The molecule has 6 nitrogen and oxygen atoms in total. The smallest absolute Gasteiger partial charge is 0.338 e. The highest BCUT2D eigenvalue weighted by molar-refractivity contribution is 5.91. The average molecular weight is 294 g/mol. The summed E-state index contributed by atoms with van der Waals surface area (Å²) in [5.74, 6) is -0.493. The van der Waals surface area contributed by atoms with E-state index in [2.05, 4.69) is 10.6 Å². The summed E-state index contributed by atoms with van der Waals surface area (Å²) in [6.07, 6.45) is 0. The molecule has 2 N–H and O–H groups in total. The fraction of sp³-hybridized carbons (Fsp3) is 0.467. The van der Waals surface area contributed by atoms with Crippen LogP contribution in [-0.2, 0) is 20.8 Å². The fourth-order valence-corrected chi connectivity index (χ4v) is 1.77. The number of hydrogen-bond donors (Lipinski definition) is 2. The van der Waals surface area contributed by atoms with E-state index in [-0.39, 0.29) is 17.9 Å². The van der Waals surface area contributed by atoms with Crippen LogP contribution in [0.15, 0.2) is 24.3 Å². The first kappa shape index (κ1) is 17.1. The minimum Gasteiger partial charge on any atom is -0.465 e. The van der Waals surface area contributed by atoms with Crippen molar-refractivity contribution >= 4 is 11.9 Å². The van der Waals surface area contributed by atoms with Crippen molar-refractivity contribution in [2.75, 3.05) is 27.4 Å². The van der Waals surface area contributed by atoms with Crippen molar-refractivity contribution in [2.24, 2.45) is 0 Å². The molecule has 0 heterocycles. The van der Waals surface area contributed by atoms with E-state index < -0.39 is 0 Å². The Morgan fingerprint density at radius 3 is 2.62 bits per heavy atom. The van der Waals surface area contributed by atoms with Gasteiger partial charge in [0.2, 0.25) is 5.91 Å². The monoisotopic (exact) mass is 294 g/mol. The summed E-state index contributed by atoms with van der Waals surface area (Å²) in [7, 11) is 2.93. The van der Waals surface area contributed by atoms with Crippen molar-refractivity contribution < 1.29 is 19.1 Å². The Balaban J connectivity index is 2.55. The molecule has 0 aliphatic heterocycles. The first-order valence-electron chi connectivity index (χ1n) is 6.76. The molecule has 1 aromatic rings.